The third-order valence-electron chi connectivity index (χ3n) is 4.38. The summed E-state index contributed by atoms with van der Waals surface area (Å²) in [6.45, 7) is 4.18. The smallest absolute Gasteiger partial charge is 0.227 e. The number of fused-ring (bicyclic) bond motifs is 1. The number of likely N-dealkylation sites (N-methyl/N-ethyl adjacent to an activating group) is 1. The van der Waals surface area contributed by atoms with Gasteiger partial charge in [-0.15, -0.1) is 0 Å². The van der Waals surface area contributed by atoms with Gasteiger partial charge in [0.1, 0.15) is 0 Å². The molecule has 0 aromatic heterocycles. The van der Waals surface area contributed by atoms with E-state index in [9.17, 15) is 4.79 Å². The fourth-order valence-electron chi connectivity index (χ4n) is 3.34. The molecule has 1 amide bonds. The first-order chi connectivity index (χ1) is 9.63. The summed E-state index contributed by atoms with van der Waals surface area (Å²) in [6.07, 6.45) is 1.93. The van der Waals surface area contributed by atoms with Gasteiger partial charge in [-0.3, -0.25) is 4.79 Å². The summed E-state index contributed by atoms with van der Waals surface area (Å²) in [6, 6.07) is 8.82. The number of para-hydroxylation sites is 1. The molecule has 4 nitrogen and oxygen atoms in total. The van der Waals surface area contributed by atoms with Crippen LogP contribution in [0.3, 0.4) is 0 Å². The molecule has 1 aromatic rings. The Morgan fingerprint density at radius 3 is 2.95 bits per heavy atom. The lowest BCUT2D eigenvalue weighted by molar-refractivity contribution is -0.123. The van der Waals surface area contributed by atoms with E-state index in [1.165, 1.54) is 0 Å². The van der Waals surface area contributed by atoms with Gasteiger partial charge in [-0.25, -0.2) is 0 Å². The van der Waals surface area contributed by atoms with Gasteiger partial charge in [0.25, 0.3) is 0 Å². The highest BCUT2D eigenvalue weighted by Crippen LogP contribution is 2.34. The molecular weight excluding hydrogens is 250 g/mol. The summed E-state index contributed by atoms with van der Waals surface area (Å²) in [7, 11) is 2.11. The van der Waals surface area contributed by atoms with Crippen LogP contribution in [-0.4, -0.2) is 43.0 Å². The van der Waals surface area contributed by atoms with Gasteiger partial charge in [-0.05, 0) is 45.0 Å². The minimum Gasteiger partial charge on any atom is -0.382 e. The highest BCUT2D eigenvalue weighted by atomic mass is 16.2. The minimum absolute atomic E-state index is 0.0200. The zero-order valence-corrected chi connectivity index (χ0v) is 12.2. The molecule has 2 aliphatic heterocycles. The van der Waals surface area contributed by atoms with Crippen molar-refractivity contribution in [3.05, 3.63) is 29.8 Å². The average Bonchev–Trinajstić information content (AvgIpc) is 2.83. The van der Waals surface area contributed by atoms with Gasteiger partial charge >= 0.3 is 0 Å². The number of carbonyl (C=O) groups is 1. The Morgan fingerprint density at radius 2 is 2.20 bits per heavy atom. The van der Waals surface area contributed by atoms with E-state index in [4.69, 9.17) is 0 Å². The molecule has 0 bridgehead atoms. The Kier molecular flexibility index (Phi) is 3.66. The molecule has 4 heteroatoms. The van der Waals surface area contributed by atoms with Crippen molar-refractivity contribution < 1.29 is 4.79 Å². The molecule has 2 heterocycles. The molecule has 3 rings (SSSR count). The second-order valence-electron chi connectivity index (χ2n) is 6.18. The van der Waals surface area contributed by atoms with Gasteiger partial charge in [0, 0.05) is 24.3 Å². The monoisotopic (exact) mass is 273 g/mol. The number of carbonyl (C=O) groups excluding carboxylic acids is 1. The van der Waals surface area contributed by atoms with Crippen LogP contribution in [-0.2, 0) is 4.79 Å². The maximum Gasteiger partial charge on any atom is 0.227 e. The predicted octanol–water partition coefficient (Wildman–Crippen LogP) is 1.79. The van der Waals surface area contributed by atoms with Crippen molar-refractivity contribution in [1.29, 1.82) is 0 Å². The Labute approximate surface area is 120 Å². The fraction of sp³-hybridized carbons (Fsp3) is 0.562. The first-order valence-corrected chi connectivity index (χ1v) is 7.48. The Hall–Kier alpha value is -1.55. The van der Waals surface area contributed by atoms with E-state index < -0.39 is 0 Å². The third-order valence-corrected chi connectivity index (χ3v) is 4.38. The second kappa shape index (κ2) is 5.44. The highest BCUT2D eigenvalue weighted by Gasteiger charge is 2.31. The predicted molar refractivity (Wildman–Crippen MR) is 80.9 cm³/mol. The topological polar surface area (TPSA) is 44.4 Å². The zero-order chi connectivity index (χ0) is 14.1. The van der Waals surface area contributed by atoms with Crippen molar-refractivity contribution in [2.24, 2.45) is 0 Å². The average molecular weight is 273 g/mol. The third kappa shape index (κ3) is 2.66. The number of benzene rings is 1. The molecule has 3 atom stereocenters. The van der Waals surface area contributed by atoms with Crippen LogP contribution in [0.5, 0.6) is 0 Å². The van der Waals surface area contributed by atoms with E-state index >= 15 is 0 Å². The van der Waals surface area contributed by atoms with Gasteiger partial charge in [0.15, 0.2) is 0 Å². The highest BCUT2D eigenvalue weighted by molar-refractivity contribution is 5.86. The van der Waals surface area contributed by atoms with Crippen LogP contribution >= 0.6 is 0 Å². The van der Waals surface area contributed by atoms with Gasteiger partial charge in [-0.2, -0.15) is 0 Å². The van der Waals surface area contributed by atoms with E-state index in [-0.39, 0.29) is 11.8 Å². The quantitative estimate of drug-likeness (QED) is 0.863. The van der Waals surface area contributed by atoms with Crippen LogP contribution < -0.4 is 10.6 Å². The number of nitrogens with one attached hydrogen (secondary N) is 2. The number of hydrogen-bond donors (Lipinski definition) is 2. The molecule has 1 fully saturated rings. The zero-order valence-electron chi connectivity index (χ0n) is 12.2. The van der Waals surface area contributed by atoms with Crippen LogP contribution in [0.15, 0.2) is 24.3 Å². The Balaban J connectivity index is 1.74. The van der Waals surface area contributed by atoms with E-state index in [1.807, 2.05) is 12.1 Å². The minimum atomic E-state index is -0.0200. The van der Waals surface area contributed by atoms with Crippen molar-refractivity contribution in [2.45, 2.75) is 37.8 Å². The number of anilines is 1. The number of hydrogen-bond acceptors (Lipinski definition) is 3. The molecule has 2 N–H and O–H groups in total. The largest absolute Gasteiger partial charge is 0.382 e. The molecule has 1 saturated heterocycles. The number of nitrogens with zero attached hydrogens (tertiary/aromatic N) is 1. The first kappa shape index (κ1) is 13.4. The van der Waals surface area contributed by atoms with Gasteiger partial charge in [0.05, 0.1) is 5.92 Å². The molecule has 3 unspecified atom stereocenters. The Bertz CT molecular complexity index is 502. The molecule has 0 spiro atoms. The summed E-state index contributed by atoms with van der Waals surface area (Å²) in [5, 5.41) is 6.69. The summed E-state index contributed by atoms with van der Waals surface area (Å²) in [5.74, 6) is 0.166. The van der Waals surface area contributed by atoms with E-state index in [0.29, 0.717) is 12.1 Å². The van der Waals surface area contributed by atoms with Crippen molar-refractivity contribution in [1.82, 2.24) is 10.2 Å². The molecule has 0 aliphatic carbocycles. The van der Waals surface area contributed by atoms with Crippen LogP contribution in [0, 0.1) is 0 Å². The fourth-order valence-corrected chi connectivity index (χ4v) is 3.34. The normalized spacial score (nSPS) is 29.6. The van der Waals surface area contributed by atoms with Gasteiger partial charge in [-0.1, -0.05) is 18.2 Å². The van der Waals surface area contributed by atoms with Crippen LogP contribution in [0.1, 0.15) is 31.2 Å². The molecule has 0 radical (unpaired) electrons. The summed E-state index contributed by atoms with van der Waals surface area (Å²) in [4.78, 5) is 14.9. The van der Waals surface area contributed by atoms with Crippen LogP contribution in [0.25, 0.3) is 0 Å². The molecule has 20 heavy (non-hydrogen) atoms. The SMILES string of the molecule is CC1CC(C(=O)NC2CCN(C)C2)c2ccccc2N1. The Morgan fingerprint density at radius 1 is 1.40 bits per heavy atom. The number of amides is 1. The van der Waals surface area contributed by atoms with E-state index in [2.05, 4.69) is 41.6 Å². The first-order valence-electron chi connectivity index (χ1n) is 7.48. The maximum absolute atomic E-state index is 12.6. The van der Waals surface area contributed by atoms with Crippen LogP contribution in [0.4, 0.5) is 5.69 Å². The van der Waals surface area contributed by atoms with Crippen molar-refractivity contribution in [3.63, 3.8) is 0 Å². The number of likely N-dealkylation sites (tertiary alicyclic amines) is 1. The summed E-state index contributed by atoms with van der Waals surface area (Å²) >= 11 is 0. The lowest BCUT2D eigenvalue weighted by atomic mass is 9.86. The van der Waals surface area contributed by atoms with Crippen molar-refractivity contribution >= 4 is 11.6 Å². The van der Waals surface area contributed by atoms with E-state index in [1.54, 1.807) is 0 Å². The summed E-state index contributed by atoms with van der Waals surface area (Å²) < 4.78 is 0. The van der Waals surface area contributed by atoms with Crippen molar-refractivity contribution in [2.75, 3.05) is 25.5 Å². The molecule has 108 valence electrons. The summed E-state index contributed by atoms with van der Waals surface area (Å²) in [5.41, 5.74) is 2.24. The van der Waals surface area contributed by atoms with E-state index in [0.717, 1.165) is 37.2 Å². The number of rotatable bonds is 2. The lowest BCUT2D eigenvalue weighted by Gasteiger charge is -2.31. The molecule has 2 aliphatic rings. The lowest BCUT2D eigenvalue weighted by Crippen LogP contribution is -2.42. The van der Waals surface area contributed by atoms with Crippen LogP contribution in [0.2, 0.25) is 0 Å². The molecule has 0 saturated carbocycles. The van der Waals surface area contributed by atoms with Gasteiger partial charge in [0.2, 0.25) is 5.91 Å². The van der Waals surface area contributed by atoms with Gasteiger partial charge < -0.3 is 15.5 Å². The standard InChI is InChI=1S/C16H23N3O/c1-11-9-14(13-5-3-4-6-15(13)17-11)16(20)18-12-7-8-19(2)10-12/h3-6,11-12,14,17H,7-10H2,1-2H3,(H,18,20). The second-order valence-corrected chi connectivity index (χ2v) is 6.18. The molecular formula is C16H23N3O. The van der Waals surface area contributed by atoms with Crippen molar-refractivity contribution in [3.8, 4) is 0 Å². The maximum atomic E-state index is 12.6. The molecule has 1 aromatic carbocycles.